The van der Waals surface area contributed by atoms with Crippen molar-refractivity contribution in [3.63, 3.8) is 0 Å². The minimum Gasteiger partial charge on any atom is -0.403 e. The van der Waals surface area contributed by atoms with Crippen molar-refractivity contribution in [3.8, 4) is 0 Å². The van der Waals surface area contributed by atoms with E-state index in [4.69, 9.17) is 9.31 Å². The summed E-state index contributed by atoms with van der Waals surface area (Å²) >= 11 is 0. The van der Waals surface area contributed by atoms with Crippen molar-refractivity contribution < 1.29 is 9.31 Å². The molecule has 2 fully saturated rings. The van der Waals surface area contributed by atoms with Crippen molar-refractivity contribution in [1.29, 1.82) is 0 Å². The summed E-state index contributed by atoms with van der Waals surface area (Å²) in [6.45, 7) is 10.5. The minimum absolute atomic E-state index is 0.123. The van der Waals surface area contributed by atoms with Crippen molar-refractivity contribution in [3.05, 3.63) is 35.9 Å². The Balaban J connectivity index is 1.78. The van der Waals surface area contributed by atoms with E-state index in [1.807, 2.05) is 0 Å². The van der Waals surface area contributed by atoms with Gasteiger partial charge in [0, 0.05) is 18.5 Å². The molecule has 1 N–H and O–H groups in total. The van der Waals surface area contributed by atoms with E-state index in [2.05, 4.69) is 63.3 Å². The maximum absolute atomic E-state index is 6.17. The summed E-state index contributed by atoms with van der Waals surface area (Å²) in [7, 11) is -0.123. The maximum Gasteiger partial charge on any atom is 0.458 e. The van der Waals surface area contributed by atoms with Crippen molar-refractivity contribution >= 4 is 7.12 Å². The van der Waals surface area contributed by atoms with Gasteiger partial charge in [0.15, 0.2) is 0 Å². The van der Waals surface area contributed by atoms with Gasteiger partial charge in [-0.2, -0.15) is 0 Å². The fourth-order valence-electron chi connectivity index (χ4n) is 3.05. The van der Waals surface area contributed by atoms with Gasteiger partial charge < -0.3 is 14.6 Å². The van der Waals surface area contributed by atoms with E-state index in [-0.39, 0.29) is 23.7 Å². The van der Waals surface area contributed by atoms with Gasteiger partial charge in [-0.15, -0.1) is 0 Å². The molecule has 4 heteroatoms. The van der Waals surface area contributed by atoms with Gasteiger partial charge in [-0.05, 0) is 39.6 Å². The quantitative estimate of drug-likeness (QED) is 0.859. The van der Waals surface area contributed by atoms with Crippen LogP contribution in [0.4, 0.5) is 0 Å². The van der Waals surface area contributed by atoms with Crippen LogP contribution in [0.5, 0.6) is 0 Å². The van der Waals surface area contributed by atoms with Crippen LogP contribution in [0.15, 0.2) is 30.3 Å². The molecular weight excluding hydrogens is 249 g/mol. The maximum atomic E-state index is 6.17. The van der Waals surface area contributed by atoms with Crippen LogP contribution in [0.2, 0.25) is 6.32 Å². The van der Waals surface area contributed by atoms with Crippen LogP contribution in [0, 0.1) is 0 Å². The summed E-state index contributed by atoms with van der Waals surface area (Å²) < 4.78 is 12.3. The molecule has 1 aromatic carbocycles. The lowest BCUT2D eigenvalue weighted by Gasteiger charge is -2.43. The minimum atomic E-state index is -0.243. The van der Waals surface area contributed by atoms with E-state index in [0.717, 1.165) is 19.4 Å². The van der Waals surface area contributed by atoms with Gasteiger partial charge in [0.05, 0.1) is 11.2 Å². The van der Waals surface area contributed by atoms with Crippen LogP contribution in [0.1, 0.15) is 33.3 Å². The average Bonchev–Trinajstić information content (AvgIpc) is 2.53. The fraction of sp³-hybridized carbons (Fsp3) is 0.625. The zero-order chi connectivity index (χ0) is 14.4. The Morgan fingerprint density at radius 1 is 1.00 bits per heavy atom. The Labute approximate surface area is 122 Å². The molecule has 2 aliphatic rings. The molecule has 0 radical (unpaired) electrons. The molecule has 1 aromatic rings. The highest BCUT2D eigenvalue weighted by Crippen LogP contribution is 2.42. The molecule has 0 spiro atoms. The molecule has 0 saturated carbocycles. The normalized spacial score (nSPS) is 26.3. The Hall–Kier alpha value is -0.835. The molecule has 20 heavy (non-hydrogen) atoms. The lowest BCUT2D eigenvalue weighted by molar-refractivity contribution is 0.00578. The molecule has 2 heterocycles. The molecule has 2 aliphatic heterocycles. The van der Waals surface area contributed by atoms with Gasteiger partial charge >= 0.3 is 7.12 Å². The van der Waals surface area contributed by atoms with Crippen molar-refractivity contribution in [2.75, 3.05) is 13.1 Å². The summed E-state index contributed by atoms with van der Waals surface area (Å²) in [6.07, 6.45) is 0.914. The van der Waals surface area contributed by atoms with Crippen LogP contribution in [0.3, 0.4) is 0 Å². The first kappa shape index (κ1) is 14.1. The standard InChI is InChI=1S/C16H24BNO2/c1-14(2)15(3,4)20-17(19-14)10-16(11-18-12-16)13-8-6-5-7-9-13/h5-9,18H,10-12H2,1-4H3. The molecule has 0 bridgehead atoms. The third-order valence-corrected chi connectivity index (χ3v) is 5.17. The molecule has 0 atom stereocenters. The highest BCUT2D eigenvalue weighted by atomic mass is 16.7. The number of nitrogens with one attached hydrogen (secondary N) is 1. The smallest absolute Gasteiger partial charge is 0.403 e. The Kier molecular flexibility index (Phi) is 3.24. The number of benzene rings is 1. The molecule has 2 saturated heterocycles. The zero-order valence-corrected chi connectivity index (χ0v) is 12.9. The van der Waals surface area contributed by atoms with Gasteiger partial charge in [-0.25, -0.2) is 0 Å². The molecular formula is C16H24BNO2. The number of rotatable bonds is 3. The van der Waals surface area contributed by atoms with E-state index in [1.165, 1.54) is 5.56 Å². The van der Waals surface area contributed by atoms with Gasteiger partial charge in [-0.1, -0.05) is 30.3 Å². The molecule has 0 amide bonds. The van der Waals surface area contributed by atoms with Gasteiger partial charge in [-0.3, -0.25) is 0 Å². The third-order valence-electron chi connectivity index (χ3n) is 5.17. The highest BCUT2D eigenvalue weighted by Gasteiger charge is 2.54. The first-order valence-corrected chi connectivity index (χ1v) is 7.47. The predicted octanol–water partition coefficient (Wildman–Crippen LogP) is 2.62. The first-order valence-electron chi connectivity index (χ1n) is 7.47. The average molecular weight is 273 g/mol. The van der Waals surface area contributed by atoms with Crippen LogP contribution in [-0.2, 0) is 14.7 Å². The van der Waals surface area contributed by atoms with Crippen LogP contribution in [0.25, 0.3) is 0 Å². The SMILES string of the molecule is CC1(C)OB(CC2(c3ccccc3)CNC2)OC1(C)C. The molecule has 108 valence electrons. The van der Waals surface area contributed by atoms with Gasteiger partial charge in [0.25, 0.3) is 0 Å². The van der Waals surface area contributed by atoms with Crippen LogP contribution < -0.4 is 5.32 Å². The van der Waals surface area contributed by atoms with E-state index in [0.29, 0.717) is 0 Å². The Bertz CT molecular complexity index is 467. The van der Waals surface area contributed by atoms with E-state index in [1.54, 1.807) is 0 Å². The summed E-state index contributed by atoms with van der Waals surface area (Å²) in [5, 5.41) is 3.40. The monoisotopic (exact) mass is 273 g/mol. The summed E-state index contributed by atoms with van der Waals surface area (Å²) in [6, 6.07) is 10.7. The van der Waals surface area contributed by atoms with Crippen molar-refractivity contribution in [2.24, 2.45) is 0 Å². The second-order valence-corrected chi connectivity index (χ2v) is 7.14. The van der Waals surface area contributed by atoms with Crippen molar-refractivity contribution in [1.82, 2.24) is 5.32 Å². The summed E-state index contributed by atoms with van der Waals surface area (Å²) in [5.41, 5.74) is 1.05. The Morgan fingerprint density at radius 3 is 2.00 bits per heavy atom. The van der Waals surface area contributed by atoms with Crippen molar-refractivity contribution in [2.45, 2.75) is 50.6 Å². The lowest BCUT2D eigenvalue weighted by atomic mass is 9.61. The van der Waals surface area contributed by atoms with Gasteiger partial charge in [0.1, 0.15) is 0 Å². The second-order valence-electron chi connectivity index (χ2n) is 7.14. The van der Waals surface area contributed by atoms with E-state index in [9.17, 15) is 0 Å². The number of hydrogen-bond acceptors (Lipinski definition) is 3. The first-order chi connectivity index (χ1) is 9.35. The zero-order valence-electron chi connectivity index (χ0n) is 12.9. The van der Waals surface area contributed by atoms with Crippen LogP contribution >= 0.6 is 0 Å². The summed E-state index contributed by atoms with van der Waals surface area (Å²) in [5.74, 6) is 0. The fourth-order valence-corrected chi connectivity index (χ4v) is 3.05. The molecule has 3 nitrogen and oxygen atoms in total. The molecule has 0 aromatic heterocycles. The van der Waals surface area contributed by atoms with Gasteiger partial charge in [0.2, 0.25) is 0 Å². The Morgan fingerprint density at radius 2 is 1.55 bits per heavy atom. The largest absolute Gasteiger partial charge is 0.458 e. The van der Waals surface area contributed by atoms with Crippen LogP contribution in [-0.4, -0.2) is 31.4 Å². The highest BCUT2D eigenvalue weighted by molar-refractivity contribution is 6.46. The molecule has 0 aliphatic carbocycles. The molecule has 3 rings (SSSR count). The summed E-state index contributed by atoms with van der Waals surface area (Å²) in [4.78, 5) is 0. The predicted molar refractivity (Wildman–Crippen MR) is 81.9 cm³/mol. The second kappa shape index (κ2) is 4.59. The molecule has 0 unspecified atom stereocenters. The lowest BCUT2D eigenvalue weighted by Crippen LogP contribution is -2.58. The van der Waals surface area contributed by atoms with E-state index >= 15 is 0 Å². The van der Waals surface area contributed by atoms with E-state index < -0.39 is 0 Å². The topological polar surface area (TPSA) is 30.5 Å². The third kappa shape index (κ3) is 2.20. The number of hydrogen-bond donors (Lipinski definition) is 1.